The summed E-state index contributed by atoms with van der Waals surface area (Å²) in [6, 6.07) is 8.88. The van der Waals surface area contributed by atoms with Crippen molar-refractivity contribution in [3.63, 3.8) is 0 Å². The summed E-state index contributed by atoms with van der Waals surface area (Å²) in [5.41, 5.74) is 13.9. The van der Waals surface area contributed by atoms with E-state index in [1.807, 2.05) is 0 Å². The molecule has 0 amide bonds. The minimum absolute atomic E-state index is 0. The van der Waals surface area contributed by atoms with Crippen LogP contribution in [0.15, 0.2) is 30.3 Å². The number of methoxy groups -OCH3 is 1. The maximum Gasteiger partial charge on any atom is 0.222 e. The molecule has 0 bridgehead atoms. The van der Waals surface area contributed by atoms with Gasteiger partial charge in [-0.1, -0.05) is 29.3 Å². The van der Waals surface area contributed by atoms with E-state index in [2.05, 4.69) is 9.97 Å². The lowest BCUT2D eigenvalue weighted by molar-refractivity contribution is -0.0394. The summed E-state index contributed by atoms with van der Waals surface area (Å²) in [5, 5.41) is 1.47. The van der Waals surface area contributed by atoms with Gasteiger partial charge in [0.15, 0.2) is 0 Å². The van der Waals surface area contributed by atoms with Gasteiger partial charge in [0.25, 0.3) is 0 Å². The van der Waals surface area contributed by atoms with Crippen LogP contribution in [0.5, 0.6) is 5.75 Å². The molecule has 28 heavy (non-hydrogen) atoms. The van der Waals surface area contributed by atoms with Crippen molar-refractivity contribution in [3.8, 4) is 5.75 Å². The quantitative estimate of drug-likeness (QED) is 0.414. The Labute approximate surface area is 178 Å². The molecule has 2 aromatic carbocycles. The van der Waals surface area contributed by atoms with E-state index in [9.17, 15) is 0 Å². The van der Waals surface area contributed by atoms with Crippen LogP contribution in [-0.2, 0) is 22.7 Å². The fourth-order valence-corrected chi connectivity index (χ4v) is 2.98. The Hall–Kier alpha value is -2.03. The third kappa shape index (κ3) is 5.06. The van der Waals surface area contributed by atoms with E-state index in [-0.39, 0.29) is 37.6 Å². The van der Waals surface area contributed by atoms with Crippen LogP contribution in [0.25, 0.3) is 10.9 Å². The summed E-state index contributed by atoms with van der Waals surface area (Å²) in [6.45, 7) is 0.700. The molecular weight excluding hydrogens is 427 g/mol. The van der Waals surface area contributed by atoms with E-state index in [4.69, 9.17) is 48.9 Å². The second-order valence-electron chi connectivity index (χ2n) is 5.70. The fraction of sp³-hybridized carbons (Fsp3) is 0.222. The molecule has 4 N–H and O–H groups in total. The van der Waals surface area contributed by atoms with Crippen LogP contribution >= 0.6 is 35.6 Å². The van der Waals surface area contributed by atoms with Crippen LogP contribution in [0.3, 0.4) is 0 Å². The van der Waals surface area contributed by atoms with E-state index in [1.54, 1.807) is 37.4 Å². The lowest BCUT2D eigenvalue weighted by Gasteiger charge is -2.14. The van der Waals surface area contributed by atoms with Crippen molar-refractivity contribution in [2.45, 2.75) is 13.2 Å². The number of ether oxygens (including phenoxy) is 3. The van der Waals surface area contributed by atoms with Crippen LogP contribution in [0, 0.1) is 0 Å². The predicted octanol–water partition coefficient (Wildman–Crippen LogP) is 4.22. The molecule has 7 nitrogen and oxygen atoms in total. The number of nitrogens with two attached hydrogens (primary N) is 2. The normalized spacial score (nSPS) is 10.7. The smallest absolute Gasteiger partial charge is 0.222 e. The monoisotopic (exact) mass is 444 g/mol. The van der Waals surface area contributed by atoms with Crippen molar-refractivity contribution in [1.29, 1.82) is 0 Å². The number of anilines is 2. The Morgan fingerprint density at radius 3 is 2.36 bits per heavy atom. The summed E-state index contributed by atoms with van der Waals surface area (Å²) in [6.07, 6.45) is 0. The molecule has 10 heteroatoms. The Bertz CT molecular complexity index is 972. The van der Waals surface area contributed by atoms with E-state index in [0.29, 0.717) is 33.3 Å². The molecule has 1 heterocycles. The first-order valence-corrected chi connectivity index (χ1v) is 8.73. The second-order valence-corrected chi connectivity index (χ2v) is 6.51. The fourth-order valence-electron chi connectivity index (χ4n) is 2.61. The molecule has 0 aliphatic heterocycles. The maximum absolute atomic E-state index is 6.16. The van der Waals surface area contributed by atoms with E-state index < -0.39 is 0 Å². The third-order valence-electron chi connectivity index (χ3n) is 3.81. The molecule has 0 atom stereocenters. The predicted molar refractivity (Wildman–Crippen MR) is 113 cm³/mol. The first kappa shape index (κ1) is 22.3. The Morgan fingerprint density at radius 1 is 1.00 bits per heavy atom. The van der Waals surface area contributed by atoms with Gasteiger partial charge in [0.05, 0.1) is 27.6 Å². The molecule has 0 aliphatic rings. The molecule has 150 valence electrons. The Kier molecular flexibility index (Phi) is 7.91. The number of rotatable bonds is 7. The summed E-state index contributed by atoms with van der Waals surface area (Å²) in [5.74, 6) is 0.907. The molecule has 3 aromatic rings. The number of nitrogens with zero attached hydrogens (tertiary/aromatic N) is 2. The van der Waals surface area contributed by atoms with Crippen LogP contribution in [0.2, 0.25) is 10.0 Å². The lowest BCUT2D eigenvalue weighted by Crippen LogP contribution is -2.06. The first-order chi connectivity index (χ1) is 13.0. The van der Waals surface area contributed by atoms with E-state index >= 15 is 0 Å². The average molecular weight is 446 g/mol. The molecule has 0 saturated carbocycles. The summed E-state index contributed by atoms with van der Waals surface area (Å²) in [7, 11) is 1.55. The zero-order valence-electron chi connectivity index (χ0n) is 14.9. The van der Waals surface area contributed by atoms with Gasteiger partial charge in [0.2, 0.25) is 5.95 Å². The van der Waals surface area contributed by atoms with Crippen LogP contribution in [0.4, 0.5) is 11.8 Å². The van der Waals surface area contributed by atoms with E-state index in [0.717, 1.165) is 11.1 Å². The minimum atomic E-state index is 0. The summed E-state index contributed by atoms with van der Waals surface area (Å²) in [4.78, 5) is 8.18. The van der Waals surface area contributed by atoms with Gasteiger partial charge in [-0.3, -0.25) is 0 Å². The molecular formula is C18H19Cl3N4O3. The summed E-state index contributed by atoms with van der Waals surface area (Å²) >= 11 is 12.3. The number of hydrogen-bond donors (Lipinski definition) is 2. The first-order valence-electron chi connectivity index (χ1n) is 7.97. The van der Waals surface area contributed by atoms with Crippen LogP contribution in [0.1, 0.15) is 11.1 Å². The number of halogens is 3. The molecule has 0 spiro atoms. The van der Waals surface area contributed by atoms with Crippen molar-refractivity contribution in [3.05, 3.63) is 51.5 Å². The van der Waals surface area contributed by atoms with Gasteiger partial charge < -0.3 is 25.7 Å². The highest BCUT2D eigenvalue weighted by Crippen LogP contribution is 2.31. The van der Waals surface area contributed by atoms with Crippen molar-refractivity contribution in [2.75, 3.05) is 25.4 Å². The maximum atomic E-state index is 6.16. The highest BCUT2D eigenvalue weighted by atomic mass is 35.5. The van der Waals surface area contributed by atoms with Crippen molar-refractivity contribution in [1.82, 2.24) is 9.97 Å². The SMILES string of the molecule is COCOCc1cc(Cl)c(Cl)cc1COc1cccc2nc(N)nc(N)c12.Cl. The molecule has 0 unspecified atom stereocenters. The molecule has 1 aromatic heterocycles. The topological polar surface area (TPSA) is 106 Å². The van der Waals surface area contributed by atoms with Gasteiger partial charge >= 0.3 is 0 Å². The number of nitrogen functional groups attached to an aromatic ring is 2. The summed E-state index contributed by atoms with van der Waals surface area (Å²) < 4.78 is 16.3. The molecule has 0 saturated heterocycles. The average Bonchev–Trinajstić information content (AvgIpc) is 2.63. The van der Waals surface area contributed by atoms with Crippen molar-refractivity contribution < 1.29 is 14.2 Å². The van der Waals surface area contributed by atoms with Crippen molar-refractivity contribution in [2.24, 2.45) is 0 Å². The zero-order chi connectivity index (χ0) is 19.4. The molecule has 0 aliphatic carbocycles. The van der Waals surface area contributed by atoms with Gasteiger partial charge in [-0.2, -0.15) is 4.98 Å². The van der Waals surface area contributed by atoms with Gasteiger partial charge in [-0.25, -0.2) is 4.98 Å². The number of fused-ring (bicyclic) bond motifs is 1. The number of hydrogen-bond acceptors (Lipinski definition) is 7. The number of aromatic nitrogens is 2. The van der Waals surface area contributed by atoms with Crippen LogP contribution < -0.4 is 16.2 Å². The Morgan fingerprint density at radius 2 is 1.68 bits per heavy atom. The molecule has 3 rings (SSSR count). The zero-order valence-corrected chi connectivity index (χ0v) is 17.3. The van der Waals surface area contributed by atoms with Crippen molar-refractivity contribution >= 4 is 58.3 Å². The largest absolute Gasteiger partial charge is 0.488 e. The van der Waals surface area contributed by atoms with Gasteiger partial charge in [0.1, 0.15) is 25.0 Å². The van der Waals surface area contributed by atoms with Gasteiger partial charge in [-0.05, 0) is 35.4 Å². The van der Waals surface area contributed by atoms with Crippen LogP contribution in [-0.4, -0.2) is 23.9 Å². The van der Waals surface area contributed by atoms with Gasteiger partial charge in [0, 0.05) is 7.11 Å². The van der Waals surface area contributed by atoms with E-state index in [1.165, 1.54) is 0 Å². The second kappa shape index (κ2) is 9.95. The third-order valence-corrected chi connectivity index (χ3v) is 4.54. The lowest BCUT2D eigenvalue weighted by atomic mass is 10.1. The Balaban J connectivity index is 0.00000280. The minimum Gasteiger partial charge on any atom is -0.488 e. The van der Waals surface area contributed by atoms with Gasteiger partial charge in [-0.15, -0.1) is 12.4 Å². The highest BCUT2D eigenvalue weighted by molar-refractivity contribution is 6.42. The number of benzene rings is 2. The molecule has 0 radical (unpaired) electrons. The standard InChI is InChI=1S/C18H18Cl2N4O3.ClH/c1-25-9-26-7-10-5-12(19)13(20)6-11(10)8-27-15-4-2-3-14-16(15)17(21)24-18(22)23-14;/h2-6H,7-9H2,1H3,(H4,21,22,23,24);1H. The highest BCUT2D eigenvalue weighted by Gasteiger charge is 2.12. The molecule has 0 fully saturated rings.